The molecule has 0 saturated heterocycles. The van der Waals surface area contributed by atoms with Crippen LogP contribution in [0.5, 0.6) is 0 Å². The number of nitrogens with one attached hydrogen (secondary N) is 1. The Morgan fingerprint density at radius 2 is 2.11 bits per heavy atom. The highest BCUT2D eigenvalue weighted by atomic mass is 16.3. The highest BCUT2D eigenvalue weighted by Gasteiger charge is 2.14. The maximum absolute atomic E-state index is 12.2. The van der Waals surface area contributed by atoms with Crippen LogP contribution in [0.2, 0.25) is 0 Å². The summed E-state index contributed by atoms with van der Waals surface area (Å²) in [4.78, 5) is 13.9. The molecule has 0 atom stereocenters. The summed E-state index contributed by atoms with van der Waals surface area (Å²) in [5.41, 5.74) is 2.82. The molecule has 0 aromatic heterocycles. The van der Waals surface area contributed by atoms with Crippen LogP contribution in [0.3, 0.4) is 0 Å². The van der Waals surface area contributed by atoms with Gasteiger partial charge in [-0.3, -0.25) is 4.79 Å². The molecule has 1 amide bonds. The normalized spacial score (nSPS) is 10.3. The fraction of sp³-hybridized carbons (Fsp3) is 0.533. The maximum Gasteiger partial charge on any atom is 0.253 e. The number of rotatable bonds is 7. The van der Waals surface area contributed by atoms with Gasteiger partial charge in [-0.1, -0.05) is 6.92 Å². The van der Waals surface area contributed by atoms with E-state index in [1.54, 1.807) is 4.90 Å². The Morgan fingerprint density at radius 1 is 1.37 bits per heavy atom. The van der Waals surface area contributed by atoms with Crippen molar-refractivity contribution in [2.75, 3.05) is 31.6 Å². The van der Waals surface area contributed by atoms with E-state index in [0.29, 0.717) is 18.7 Å². The second-order valence-corrected chi connectivity index (χ2v) is 4.56. The van der Waals surface area contributed by atoms with Crippen molar-refractivity contribution in [3.8, 4) is 0 Å². The van der Waals surface area contributed by atoms with Crippen molar-refractivity contribution in [2.24, 2.45) is 0 Å². The molecule has 0 aliphatic carbocycles. The zero-order valence-electron chi connectivity index (χ0n) is 12.1. The summed E-state index contributed by atoms with van der Waals surface area (Å²) in [6, 6.07) is 5.69. The molecule has 0 unspecified atom stereocenters. The Hall–Kier alpha value is -1.55. The summed E-state index contributed by atoms with van der Waals surface area (Å²) >= 11 is 0. The summed E-state index contributed by atoms with van der Waals surface area (Å²) in [5.74, 6) is -0.0262. The number of hydrogen-bond donors (Lipinski definition) is 2. The summed E-state index contributed by atoms with van der Waals surface area (Å²) in [5, 5.41) is 12.3. The molecule has 1 aromatic rings. The molecule has 0 fully saturated rings. The van der Waals surface area contributed by atoms with Gasteiger partial charge in [0.25, 0.3) is 5.91 Å². The van der Waals surface area contributed by atoms with E-state index in [-0.39, 0.29) is 12.5 Å². The number of carbonyl (C=O) groups excluding carboxylic acids is 1. The highest BCUT2D eigenvalue weighted by molar-refractivity contribution is 5.95. The number of likely N-dealkylation sites (N-methyl/N-ethyl adjacent to an activating group) is 1. The predicted octanol–water partition coefficient (Wildman–Crippen LogP) is 2.27. The van der Waals surface area contributed by atoms with Gasteiger partial charge >= 0.3 is 0 Å². The number of hydrogen-bond acceptors (Lipinski definition) is 3. The van der Waals surface area contributed by atoms with E-state index in [0.717, 1.165) is 24.2 Å². The van der Waals surface area contributed by atoms with Gasteiger partial charge in [-0.2, -0.15) is 0 Å². The van der Waals surface area contributed by atoms with Crippen LogP contribution in [0.1, 0.15) is 36.2 Å². The van der Waals surface area contributed by atoms with Gasteiger partial charge < -0.3 is 15.3 Å². The van der Waals surface area contributed by atoms with Gasteiger partial charge in [-0.05, 0) is 44.0 Å². The van der Waals surface area contributed by atoms with Gasteiger partial charge in [0.15, 0.2) is 0 Å². The molecule has 0 saturated carbocycles. The fourth-order valence-electron chi connectivity index (χ4n) is 1.96. The molecule has 0 aliphatic rings. The molecule has 4 heteroatoms. The van der Waals surface area contributed by atoms with E-state index >= 15 is 0 Å². The second-order valence-electron chi connectivity index (χ2n) is 4.56. The van der Waals surface area contributed by atoms with Crippen LogP contribution in [0.15, 0.2) is 18.2 Å². The first-order valence-electron chi connectivity index (χ1n) is 6.88. The van der Waals surface area contributed by atoms with Gasteiger partial charge in [-0.25, -0.2) is 0 Å². The van der Waals surface area contributed by atoms with Crippen LogP contribution in [-0.2, 0) is 0 Å². The monoisotopic (exact) mass is 264 g/mol. The van der Waals surface area contributed by atoms with Crippen LogP contribution in [0.4, 0.5) is 5.69 Å². The lowest BCUT2D eigenvalue weighted by atomic mass is 10.1. The Kier molecular flexibility index (Phi) is 6.36. The van der Waals surface area contributed by atoms with Crippen molar-refractivity contribution in [3.05, 3.63) is 29.3 Å². The second kappa shape index (κ2) is 7.79. The van der Waals surface area contributed by atoms with Gasteiger partial charge in [-0.15, -0.1) is 0 Å². The topological polar surface area (TPSA) is 52.6 Å². The van der Waals surface area contributed by atoms with Crippen molar-refractivity contribution in [1.29, 1.82) is 0 Å². The third-order valence-electron chi connectivity index (χ3n) is 3.08. The van der Waals surface area contributed by atoms with E-state index in [1.165, 1.54) is 0 Å². The van der Waals surface area contributed by atoms with Crippen molar-refractivity contribution in [2.45, 2.75) is 27.2 Å². The number of benzene rings is 1. The Balaban J connectivity index is 2.84. The van der Waals surface area contributed by atoms with Gasteiger partial charge in [0, 0.05) is 30.9 Å². The molecule has 4 nitrogen and oxygen atoms in total. The van der Waals surface area contributed by atoms with Crippen LogP contribution in [-0.4, -0.2) is 42.2 Å². The number of nitrogens with zero attached hydrogens (tertiary/aromatic N) is 1. The number of anilines is 1. The minimum Gasteiger partial charge on any atom is -0.395 e. The molecular weight excluding hydrogens is 240 g/mol. The van der Waals surface area contributed by atoms with Gasteiger partial charge in [0.05, 0.1) is 6.61 Å². The third kappa shape index (κ3) is 4.24. The first kappa shape index (κ1) is 15.5. The molecule has 2 N–H and O–H groups in total. The Labute approximate surface area is 115 Å². The first-order valence-corrected chi connectivity index (χ1v) is 6.88. The maximum atomic E-state index is 12.2. The molecule has 1 aromatic carbocycles. The number of aliphatic hydroxyl groups is 1. The minimum absolute atomic E-state index is 0.00526. The van der Waals surface area contributed by atoms with E-state index in [1.807, 2.05) is 32.0 Å². The summed E-state index contributed by atoms with van der Waals surface area (Å²) in [6.07, 6.45) is 1.07. The summed E-state index contributed by atoms with van der Waals surface area (Å²) in [7, 11) is 0. The molecule has 0 spiro atoms. The van der Waals surface area contributed by atoms with Crippen molar-refractivity contribution in [3.63, 3.8) is 0 Å². The van der Waals surface area contributed by atoms with Crippen LogP contribution < -0.4 is 5.32 Å². The minimum atomic E-state index is -0.0262. The lowest BCUT2D eigenvalue weighted by molar-refractivity contribution is 0.0732. The van der Waals surface area contributed by atoms with E-state index in [4.69, 9.17) is 5.11 Å². The van der Waals surface area contributed by atoms with E-state index < -0.39 is 0 Å². The standard InChI is InChI=1S/C15H24N2O2/c1-4-8-16-14-7-6-13(11-12(14)3)15(19)17(5-2)9-10-18/h6-7,11,16,18H,4-5,8-10H2,1-3H3. The largest absolute Gasteiger partial charge is 0.395 e. The fourth-order valence-corrected chi connectivity index (χ4v) is 1.96. The molecule has 0 radical (unpaired) electrons. The predicted molar refractivity (Wildman–Crippen MR) is 78.6 cm³/mol. The van der Waals surface area contributed by atoms with E-state index in [2.05, 4.69) is 12.2 Å². The van der Waals surface area contributed by atoms with Crippen molar-refractivity contribution >= 4 is 11.6 Å². The highest BCUT2D eigenvalue weighted by Crippen LogP contribution is 2.17. The van der Waals surface area contributed by atoms with Crippen LogP contribution >= 0.6 is 0 Å². The molecule has 1 rings (SSSR count). The number of amides is 1. The third-order valence-corrected chi connectivity index (χ3v) is 3.08. The summed E-state index contributed by atoms with van der Waals surface area (Å²) < 4.78 is 0. The van der Waals surface area contributed by atoms with Crippen LogP contribution in [0.25, 0.3) is 0 Å². The Bertz CT molecular complexity index is 419. The lowest BCUT2D eigenvalue weighted by Crippen LogP contribution is -2.33. The molecule has 106 valence electrons. The zero-order valence-corrected chi connectivity index (χ0v) is 12.1. The molecule has 0 heterocycles. The van der Waals surface area contributed by atoms with Crippen molar-refractivity contribution < 1.29 is 9.90 Å². The zero-order chi connectivity index (χ0) is 14.3. The average molecular weight is 264 g/mol. The molecule has 19 heavy (non-hydrogen) atoms. The van der Waals surface area contributed by atoms with E-state index in [9.17, 15) is 4.79 Å². The average Bonchev–Trinajstić information content (AvgIpc) is 2.42. The number of aliphatic hydroxyl groups excluding tert-OH is 1. The first-order chi connectivity index (χ1) is 9.13. The van der Waals surface area contributed by atoms with Gasteiger partial charge in [0.1, 0.15) is 0 Å². The molecular formula is C15H24N2O2. The number of carbonyl (C=O) groups is 1. The van der Waals surface area contributed by atoms with Crippen LogP contribution in [0, 0.1) is 6.92 Å². The lowest BCUT2D eigenvalue weighted by Gasteiger charge is -2.20. The molecule has 0 aliphatic heterocycles. The quantitative estimate of drug-likeness (QED) is 0.794. The smallest absolute Gasteiger partial charge is 0.253 e. The number of aryl methyl sites for hydroxylation is 1. The summed E-state index contributed by atoms with van der Waals surface area (Å²) in [6.45, 7) is 7.94. The van der Waals surface area contributed by atoms with Gasteiger partial charge in [0.2, 0.25) is 0 Å². The van der Waals surface area contributed by atoms with Crippen molar-refractivity contribution in [1.82, 2.24) is 4.90 Å². The SMILES string of the molecule is CCCNc1ccc(C(=O)N(CC)CCO)cc1C. The Morgan fingerprint density at radius 3 is 2.63 bits per heavy atom. The molecule has 0 bridgehead atoms.